The summed E-state index contributed by atoms with van der Waals surface area (Å²) in [5.74, 6) is 0.412. The van der Waals surface area contributed by atoms with E-state index in [4.69, 9.17) is 11.6 Å². The van der Waals surface area contributed by atoms with E-state index in [9.17, 15) is 4.39 Å². The van der Waals surface area contributed by atoms with Gasteiger partial charge < -0.3 is 5.32 Å². The Kier molecular flexibility index (Phi) is 6.81. The van der Waals surface area contributed by atoms with Crippen LogP contribution in [-0.2, 0) is 0 Å². The van der Waals surface area contributed by atoms with Crippen LogP contribution in [0.4, 0.5) is 4.39 Å². The lowest BCUT2D eigenvalue weighted by molar-refractivity contribution is 0.423. The third-order valence-corrected chi connectivity index (χ3v) is 3.70. The molecule has 1 nitrogen and oxygen atoms in total. The summed E-state index contributed by atoms with van der Waals surface area (Å²) in [5.41, 5.74) is 0.942. The van der Waals surface area contributed by atoms with Crippen LogP contribution in [0.5, 0.6) is 0 Å². The minimum Gasteiger partial charge on any atom is -0.308 e. The van der Waals surface area contributed by atoms with Gasteiger partial charge in [-0.15, -0.1) is 0 Å². The molecule has 2 atom stereocenters. The molecule has 2 unspecified atom stereocenters. The zero-order valence-electron chi connectivity index (χ0n) is 12.3. The predicted molar refractivity (Wildman–Crippen MR) is 81.1 cm³/mol. The molecule has 19 heavy (non-hydrogen) atoms. The number of hydrogen-bond donors (Lipinski definition) is 1. The first-order valence-electron chi connectivity index (χ1n) is 7.11. The standard InChI is InChI=1S/C16H25ClFN/c1-11(2)6-5-7-12(3)19-13(4)14-8-9-15(17)16(18)10-14/h8-13,19H,5-7H2,1-4H3. The van der Waals surface area contributed by atoms with E-state index in [1.807, 2.05) is 6.07 Å². The highest BCUT2D eigenvalue weighted by Gasteiger charge is 2.11. The highest BCUT2D eigenvalue weighted by atomic mass is 35.5. The van der Waals surface area contributed by atoms with Crippen molar-refractivity contribution in [2.45, 2.75) is 59.0 Å². The van der Waals surface area contributed by atoms with Gasteiger partial charge in [0.25, 0.3) is 0 Å². The van der Waals surface area contributed by atoms with Crippen molar-refractivity contribution in [1.29, 1.82) is 0 Å². The highest BCUT2D eigenvalue weighted by molar-refractivity contribution is 6.30. The van der Waals surface area contributed by atoms with E-state index in [0.717, 1.165) is 17.9 Å². The smallest absolute Gasteiger partial charge is 0.142 e. The lowest BCUT2D eigenvalue weighted by Crippen LogP contribution is -2.29. The van der Waals surface area contributed by atoms with Crippen molar-refractivity contribution >= 4 is 11.6 Å². The van der Waals surface area contributed by atoms with Crippen molar-refractivity contribution in [3.63, 3.8) is 0 Å². The Morgan fingerprint density at radius 1 is 1.16 bits per heavy atom. The highest BCUT2D eigenvalue weighted by Crippen LogP contribution is 2.21. The molecule has 0 aliphatic carbocycles. The molecule has 0 saturated heterocycles. The van der Waals surface area contributed by atoms with Crippen LogP contribution in [0.3, 0.4) is 0 Å². The Morgan fingerprint density at radius 2 is 1.84 bits per heavy atom. The first kappa shape index (κ1) is 16.5. The quantitative estimate of drug-likeness (QED) is 0.712. The molecule has 0 saturated carbocycles. The Bertz CT molecular complexity index is 392. The molecule has 3 heteroatoms. The maximum atomic E-state index is 13.4. The fourth-order valence-electron chi connectivity index (χ4n) is 2.22. The summed E-state index contributed by atoms with van der Waals surface area (Å²) in [6.45, 7) is 8.74. The van der Waals surface area contributed by atoms with Gasteiger partial charge >= 0.3 is 0 Å². The molecule has 1 aromatic carbocycles. The second-order valence-corrected chi connectivity index (χ2v) is 6.19. The molecule has 1 N–H and O–H groups in total. The Labute approximate surface area is 121 Å². The summed E-state index contributed by atoms with van der Waals surface area (Å²) in [6.07, 6.45) is 3.64. The van der Waals surface area contributed by atoms with E-state index in [0.29, 0.717) is 6.04 Å². The van der Waals surface area contributed by atoms with Gasteiger partial charge in [0.1, 0.15) is 5.82 Å². The maximum Gasteiger partial charge on any atom is 0.142 e. The maximum absolute atomic E-state index is 13.4. The van der Waals surface area contributed by atoms with Crippen LogP contribution in [0.2, 0.25) is 5.02 Å². The number of nitrogens with one attached hydrogen (secondary N) is 1. The van der Waals surface area contributed by atoms with E-state index < -0.39 is 0 Å². The van der Waals surface area contributed by atoms with Crippen LogP contribution in [0, 0.1) is 11.7 Å². The molecule has 0 bridgehead atoms. The molecule has 1 aromatic rings. The van der Waals surface area contributed by atoms with Crippen LogP contribution in [0.1, 0.15) is 58.6 Å². The van der Waals surface area contributed by atoms with Gasteiger partial charge in [-0.05, 0) is 43.9 Å². The Hall–Kier alpha value is -0.600. The average molecular weight is 286 g/mol. The molecule has 1 rings (SSSR count). The molecular formula is C16H25ClFN. The lowest BCUT2D eigenvalue weighted by Gasteiger charge is -2.21. The van der Waals surface area contributed by atoms with Crippen molar-refractivity contribution in [2.75, 3.05) is 0 Å². The van der Waals surface area contributed by atoms with Gasteiger partial charge in [-0.2, -0.15) is 0 Å². The summed E-state index contributed by atoms with van der Waals surface area (Å²) < 4.78 is 13.4. The molecule has 0 spiro atoms. The minimum absolute atomic E-state index is 0.140. The summed E-state index contributed by atoms with van der Waals surface area (Å²) in [7, 11) is 0. The Balaban J connectivity index is 2.44. The number of halogens is 2. The van der Waals surface area contributed by atoms with Gasteiger partial charge in [0, 0.05) is 12.1 Å². The molecule has 0 heterocycles. The fraction of sp³-hybridized carbons (Fsp3) is 0.625. The van der Waals surface area contributed by atoms with E-state index in [-0.39, 0.29) is 16.9 Å². The van der Waals surface area contributed by atoms with Crippen molar-refractivity contribution in [3.05, 3.63) is 34.6 Å². The molecule has 0 aliphatic rings. The van der Waals surface area contributed by atoms with Crippen LogP contribution in [-0.4, -0.2) is 6.04 Å². The second-order valence-electron chi connectivity index (χ2n) is 5.79. The molecule has 0 radical (unpaired) electrons. The molecule has 0 aliphatic heterocycles. The fourth-order valence-corrected chi connectivity index (χ4v) is 2.34. The second kappa shape index (κ2) is 7.86. The van der Waals surface area contributed by atoms with Crippen molar-refractivity contribution in [3.8, 4) is 0 Å². The third-order valence-electron chi connectivity index (χ3n) is 3.40. The van der Waals surface area contributed by atoms with Crippen LogP contribution in [0.25, 0.3) is 0 Å². The van der Waals surface area contributed by atoms with Crippen LogP contribution >= 0.6 is 11.6 Å². The first-order chi connectivity index (χ1) is 8.90. The molecule has 0 fully saturated rings. The van der Waals surface area contributed by atoms with Gasteiger partial charge in [-0.1, -0.05) is 44.4 Å². The van der Waals surface area contributed by atoms with Crippen LogP contribution < -0.4 is 5.32 Å². The summed E-state index contributed by atoms with van der Waals surface area (Å²) >= 11 is 5.69. The van der Waals surface area contributed by atoms with E-state index >= 15 is 0 Å². The van der Waals surface area contributed by atoms with Crippen molar-refractivity contribution in [2.24, 2.45) is 5.92 Å². The van der Waals surface area contributed by atoms with Gasteiger partial charge in [0.15, 0.2) is 0 Å². The lowest BCUT2D eigenvalue weighted by atomic mass is 10.0. The minimum atomic E-state index is -0.347. The molecule has 108 valence electrons. The third kappa shape index (κ3) is 5.92. The van der Waals surface area contributed by atoms with E-state index in [1.165, 1.54) is 18.9 Å². The van der Waals surface area contributed by atoms with E-state index in [2.05, 4.69) is 33.0 Å². The summed E-state index contributed by atoms with van der Waals surface area (Å²) in [4.78, 5) is 0. The SMILES string of the molecule is CC(C)CCCC(C)NC(C)c1ccc(Cl)c(F)c1. The zero-order chi connectivity index (χ0) is 14.4. The average Bonchev–Trinajstić information content (AvgIpc) is 2.32. The largest absolute Gasteiger partial charge is 0.308 e. The van der Waals surface area contributed by atoms with Crippen molar-refractivity contribution in [1.82, 2.24) is 5.32 Å². The zero-order valence-corrected chi connectivity index (χ0v) is 13.1. The van der Waals surface area contributed by atoms with Crippen molar-refractivity contribution < 1.29 is 4.39 Å². The van der Waals surface area contributed by atoms with Gasteiger partial charge in [-0.3, -0.25) is 0 Å². The monoisotopic (exact) mass is 285 g/mol. The number of rotatable bonds is 7. The number of benzene rings is 1. The topological polar surface area (TPSA) is 12.0 Å². The first-order valence-corrected chi connectivity index (χ1v) is 7.49. The van der Waals surface area contributed by atoms with Gasteiger partial charge in [0.2, 0.25) is 0 Å². The van der Waals surface area contributed by atoms with Gasteiger partial charge in [0.05, 0.1) is 5.02 Å². The molecule has 0 aromatic heterocycles. The number of hydrogen-bond acceptors (Lipinski definition) is 1. The van der Waals surface area contributed by atoms with Gasteiger partial charge in [-0.25, -0.2) is 4.39 Å². The predicted octanol–water partition coefficient (Wildman–Crippen LogP) is 5.34. The summed E-state index contributed by atoms with van der Waals surface area (Å²) in [5, 5.41) is 3.69. The Morgan fingerprint density at radius 3 is 2.42 bits per heavy atom. The molecule has 0 amide bonds. The normalized spacial score (nSPS) is 14.7. The summed E-state index contributed by atoms with van der Waals surface area (Å²) in [6, 6.07) is 5.59. The van der Waals surface area contributed by atoms with Crippen LogP contribution in [0.15, 0.2) is 18.2 Å². The molecular weight excluding hydrogens is 261 g/mol. The van der Waals surface area contributed by atoms with E-state index in [1.54, 1.807) is 6.07 Å².